The van der Waals surface area contributed by atoms with Crippen molar-refractivity contribution < 1.29 is 19.1 Å². The molecular weight excluding hydrogens is 394 g/mol. The maximum Gasteiger partial charge on any atom is 0.408 e. The number of carbonyl (C=O) groups is 3. The first-order valence-electron chi connectivity index (χ1n) is 10.7. The van der Waals surface area contributed by atoms with Gasteiger partial charge in [-0.1, -0.05) is 55.5 Å². The van der Waals surface area contributed by atoms with Gasteiger partial charge >= 0.3 is 6.09 Å². The summed E-state index contributed by atoms with van der Waals surface area (Å²) in [5.41, 5.74) is 0.950. The van der Waals surface area contributed by atoms with Gasteiger partial charge in [0.25, 0.3) is 5.91 Å². The second kappa shape index (κ2) is 10.9. The zero-order chi connectivity index (χ0) is 23.0. The molecule has 7 nitrogen and oxygen atoms in total. The lowest BCUT2D eigenvalue weighted by atomic mass is 9.94. The van der Waals surface area contributed by atoms with E-state index in [1.165, 1.54) is 6.42 Å². The molecule has 31 heavy (non-hydrogen) atoms. The van der Waals surface area contributed by atoms with Crippen LogP contribution in [0.3, 0.4) is 0 Å². The summed E-state index contributed by atoms with van der Waals surface area (Å²) < 4.78 is 5.16. The predicted molar refractivity (Wildman–Crippen MR) is 119 cm³/mol. The van der Waals surface area contributed by atoms with Crippen molar-refractivity contribution in [3.63, 3.8) is 0 Å². The summed E-state index contributed by atoms with van der Waals surface area (Å²) in [6.07, 6.45) is 10.1. The molecule has 0 aliphatic heterocycles. The van der Waals surface area contributed by atoms with Crippen molar-refractivity contribution in [2.45, 2.75) is 77.5 Å². The molecule has 1 saturated carbocycles. The molecule has 0 saturated heterocycles. The Labute approximate surface area is 184 Å². The zero-order valence-corrected chi connectivity index (χ0v) is 18.9. The van der Waals surface area contributed by atoms with Gasteiger partial charge < -0.3 is 15.4 Å². The fourth-order valence-electron chi connectivity index (χ4n) is 3.53. The van der Waals surface area contributed by atoms with Gasteiger partial charge in [0.05, 0.1) is 0 Å². The first-order chi connectivity index (χ1) is 14.6. The normalized spacial score (nSPS) is 15.3. The Morgan fingerprint density at radius 1 is 1.16 bits per heavy atom. The van der Waals surface area contributed by atoms with Crippen LogP contribution in [0, 0.1) is 19.4 Å². The fraction of sp³-hybridized carbons (Fsp3) is 0.542. The highest BCUT2D eigenvalue weighted by atomic mass is 16.6. The monoisotopic (exact) mass is 427 g/mol. The van der Waals surface area contributed by atoms with Gasteiger partial charge in [-0.15, -0.1) is 0 Å². The maximum atomic E-state index is 13.2. The third kappa shape index (κ3) is 7.63. The molecule has 1 aromatic rings. The molecule has 1 aliphatic rings. The van der Waals surface area contributed by atoms with Gasteiger partial charge in [0.15, 0.2) is 0 Å². The Balaban J connectivity index is 2.18. The van der Waals surface area contributed by atoms with Gasteiger partial charge in [0.1, 0.15) is 18.2 Å². The van der Waals surface area contributed by atoms with Crippen LogP contribution in [0.2, 0.25) is 0 Å². The third-order valence-corrected chi connectivity index (χ3v) is 5.04. The minimum atomic E-state index is -0.986. The molecular formula is C24H33N3O4. The number of ether oxygens (including phenoxy) is 1. The Morgan fingerprint density at radius 3 is 2.32 bits per heavy atom. The van der Waals surface area contributed by atoms with Gasteiger partial charge in [-0.05, 0) is 46.1 Å². The Hall–Kier alpha value is -3.01. The fourth-order valence-corrected chi connectivity index (χ4v) is 3.53. The Morgan fingerprint density at radius 2 is 1.77 bits per heavy atom. The molecule has 0 radical (unpaired) electrons. The van der Waals surface area contributed by atoms with Crippen molar-refractivity contribution in [3.05, 3.63) is 35.4 Å². The molecule has 0 aromatic heterocycles. The topological polar surface area (TPSA) is 87.7 Å². The molecule has 7 heteroatoms. The number of nitrogens with one attached hydrogen (secondary N) is 2. The van der Waals surface area contributed by atoms with Crippen molar-refractivity contribution in [2.75, 3.05) is 6.54 Å². The third-order valence-electron chi connectivity index (χ3n) is 5.04. The van der Waals surface area contributed by atoms with Crippen LogP contribution in [0.5, 0.6) is 0 Å². The summed E-state index contributed by atoms with van der Waals surface area (Å²) in [4.78, 5) is 39.0. The minimum Gasteiger partial charge on any atom is -0.444 e. The van der Waals surface area contributed by atoms with Crippen LogP contribution in [0.4, 0.5) is 4.79 Å². The molecule has 1 aromatic carbocycles. The van der Waals surface area contributed by atoms with Gasteiger partial charge in [0, 0.05) is 12.1 Å². The summed E-state index contributed by atoms with van der Waals surface area (Å²) >= 11 is 0. The van der Waals surface area contributed by atoms with E-state index in [1.54, 1.807) is 32.9 Å². The number of nitrogens with zero attached hydrogens (tertiary/aromatic N) is 1. The standard InChI is InChI=1S/C24H33N3O4/c1-6-27(20(28)16-25-23(30)31-24(3,4)5)21(18-14-12-17(2)13-15-18)22(29)26-19-10-8-7-9-11-19/h1,12-15,19,21H,7-11,16H2,2-5H3,(H,25,30)(H,26,29). The molecule has 2 rings (SSSR count). The lowest BCUT2D eigenvalue weighted by Crippen LogP contribution is -2.48. The van der Waals surface area contributed by atoms with Crippen molar-refractivity contribution in [3.8, 4) is 12.5 Å². The van der Waals surface area contributed by atoms with Crippen molar-refractivity contribution in [2.24, 2.45) is 0 Å². The van der Waals surface area contributed by atoms with E-state index in [0.29, 0.717) is 5.56 Å². The SMILES string of the molecule is C#CN(C(=O)CNC(=O)OC(C)(C)C)C(C(=O)NC1CCCCC1)c1ccc(C)cc1. The van der Waals surface area contributed by atoms with Crippen molar-refractivity contribution >= 4 is 17.9 Å². The van der Waals surface area contributed by atoms with Crippen molar-refractivity contribution in [1.29, 1.82) is 0 Å². The first kappa shape index (κ1) is 24.3. The first-order valence-corrected chi connectivity index (χ1v) is 10.7. The maximum absolute atomic E-state index is 13.2. The molecule has 168 valence electrons. The number of rotatable bonds is 6. The molecule has 1 atom stereocenters. The molecule has 0 heterocycles. The number of aryl methyl sites for hydroxylation is 1. The lowest BCUT2D eigenvalue weighted by molar-refractivity contribution is -0.137. The van der Waals surface area contributed by atoms with Crippen LogP contribution < -0.4 is 10.6 Å². The van der Waals surface area contributed by atoms with Crippen LogP contribution in [0.25, 0.3) is 0 Å². The van der Waals surface area contributed by atoms with Gasteiger partial charge in [0.2, 0.25) is 5.91 Å². The lowest BCUT2D eigenvalue weighted by Gasteiger charge is -2.30. The number of amides is 3. The summed E-state index contributed by atoms with van der Waals surface area (Å²) in [7, 11) is 0. The summed E-state index contributed by atoms with van der Waals surface area (Å²) in [6.45, 7) is 6.75. The van der Waals surface area contributed by atoms with E-state index in [0.717, 1.165) is 36.1 Å². The second-order valence-corrected chi connectivity index (χ2v) is 8.91. The quantitative estimate of drug-likeness (QED) is 0.538. The highest BCUT2D eigenvalue weighted by Crippen LogP contribution is 2.24. The van der Waals surface area contributed by atoms with E-state index in [2.05, 4.69) is 16.7 Å². The average Bonchev–Trinajstić information content (AvgIpc) is 2.70. The summed E-state index contributed by atoms with van der Waals surface area (Å²) in [5.74, 6) is -0.892. The van der Waals surface area contributed by atoms with Gasteiger partial charge in [-0.2, -0.15) is 0 Å². The van der Waals surface area contributed by atoms with Gasteiger partial charge in [-0.25, -0.2) is 4.79 Å². The Bertz CT molecular complexity index is 815. The smallest absolute Gasteiger partial charge is 0.408 e. The summed E-state index contributed by atoms with van der Waals surface area (Å²) in [5, 5.41) is 5.47. The molecule has 1 fully saturated rings. The Kier molecular flexibility index (Phi) is 8.49. The van der Waals surface area contributed by atoms with Crippen LogP contribution >= 0.6 is 0 Å². The van der Waals surface area contributed by atoms with E-state index in [-0.39, 0.29) is 18.5 Å². The van der Waals surface area contributed by atoms with Crippen LogP contribution in [-0.4, -0.2) is 41.0 Å². The largest absolute Gasteiger partial charge is 0.444 e. The number of hydrogen-bond donors (Lipinski definition) is 2. The highest BCUT2D eigenvalue weighted by molar-refractivity contribution is 5.91. The predicted octanol–water partition coefficient (Wildman–Crippen LogP) is 3.43. The van der Waals surface area contributed by atoms with E-state index < -0.39 is 23.6 Å². The molecule has 0 spiro atoms. The van der Waals surface area contributed by atoms with E-state index >= 15 is 0 Å². The average molecular weight is 428 g/mol. The zero-order valence-electron chi connectivity index (χ0n) is 18.9. The van der Waals surface area contributed by atoms with Crippen LogP contribution in [0.15, 0.2) is 24.3 Å². The van der Waals surface area contributed by atoms with E-state index in [1.807, 2.05) is 19.1 Å². The van der Waals surface area contributed by atoms with E-state index in [4.69, 9.17) is 11.2 Å². The summed E-state index contributed by atoms with van der Waals surface area (Å²) in [6, 6.07) is 8.74. The number of alkyl carbamates (subject to hydrolysis) is 1. The molecule has 1 unspecified atom stereocenters. The molecule has 3 amide bonds. The molecule has 2 N–H and O–H groups in total. The number of carbonyl (C=O) groups excluding carboxylic acids is 3. The highest BCUT2D eigenvalue weighted by Gasteiger charge is 2.32. The van der Waals surface area contributed by atoms with Crippen LogP contribution in [0.1, 0.15) is 70.0 Å². The van der Waals surface area contributed by atoms with E-state index in [9.17, 15) is 14.4 Å². The number of hydrogen-bond acceptors (Lipinski definition) is 4. The van der Waals surface area contributed by atoms with Crippen molar-refractivity contribution in [1.82, 2.24) is 15.5 Å². The molecule has 1 aliphatic carbocycles. The second-order valence-electron chi connectivity index (χ2n) is 8.91. The van der Waals surface area contributed by atoms with Gasteiger partial charge in [-0.3, -0.25) is 14.5 Å². The number of benzene rings is 1. The van der Waals surface area contributed by atoms with Crippen LogP contribution in [-0.2, 0) is 14.3 Å². The minimum absolute atomic E-state index is 0.0730. The number of terminal acetylenes is 1. The molecule has 0 bridgehead atoms.